The van der Waals surface area contributed by atoms with Crippen LogP contribution in [-0.4, -0.2) is 40.2 Å². The molecule has 1 aromatic heterocycles. The van der Waals surface area contributed by atoms with E-state index in [-0.39, 0.29) is 36.6 Å². The number of nitrogens with one attached hydrogen (secondary N) is 2. The van der Waals surface area contributed by atoms with Gasteiger partial charge in [0, 0.05) is 26.7 Å². The molecule has 9 nitrogen and oxygen atoms in total. The second-order valence-corrected chi connectivity index (χ2v) is 6.12. The average Bonchev–Trinajstić information content (AvgIpc) is 2.61. The molecule has 146 valence electrons. The highest BCUT2D eigenvalue weighted by atomic mass is 16.5. The molecule has 2 atom stereocenters. The third-order valence-electron chi connectivity index (χ3n) is 4.26. The number of rotatable bonds is 9. The van der Waals surface area contributed by atoms with Crippen molar-refractivity contribution in [1.82, 2.24) is 14.5 Å². The van der Waals surface area contributed by atoms with Gasteiger partial charge < -0.3 is 15.4 Å². The number of esters is 1. The Balaban J connectivity index is 2.92. The van der Waals surface area contributed by atoms with Gasteiger partial charge in [-0.15, -0.1) is 0 Å². The monoisotopic (exact) mass is 368 g/mol. The van der Waals surface area contributed by atoms with Crippen molar-refractivity contribution in [3.63, 3.8) is 0 Å². The summed E-state index contributed by atoms with van der Waals surface area (Å²) in [7, 11) is 2.92. The lowest BCUT2D eigenvalue weighted by molar-refractivity contribution is -0.143. The summed E-state index contributed by atoms with van der Waals surface area (Å²) in [5.74, 6) is -0.479. The van der Waals surface area contributed by atoms with E-state index in [0.29, 0.717) is 13.0 Å². The van der Waals surface area contributed by atoms with E-state index in [1.165, 1.54) is 24.7 Å². The number of amides is 1. The van der Waals surface area contributed by atoms with E-state index in [0.717, 1.165) is 4.57 Å². The van der Waals surface area contributed by atoms with Crippen LogP contribution in [0.2, 0.25) is 0 Å². The van der Waals surface area contributed by atoms with Crippen molar-refractivity contribution in [2.24, 2.45) is 20.0 Å². The largest absolute Gasteiger partial charge is 0.466 e. The molecule has 0 spiro atoms. The highest BCUT2D eigenvalue weighted by molar-refractivity contribution is 5.85. The standard InChI is InChI=1S/C17H28N4O5/c1-6-11(3)15(16(24)18-9-8-14(23)26-7-2)19-12-10-13(22)21(5)17(25)20(12)4/h10-11,15,19H,6-9H2,1-5H3,(H,18,24)/t11?,15-/m0/s1. The number of ether oxygens (including phenoxy) is 1. The van der Waals surface area contributed by atoms with Crippen LogP contribution in [-0.2, 0) is 28.4 Å². The predicted octanol–water partition coefficient (Wildman–Crippen LogP) is -0.0200. The third kappa shape index (κ3) is 5.47. The summed E-state index contributed by atoms with van der Waals surface area (Å²) in [4.78, 5) is 47.8. The lowest BCUT2D eigenvalue weighted by Gasteiger charge is -2.25. The predicted molar refractivity (Wildman–Crippen MR) is 98.0 cm³/mol. The molecule has 0 aliphatic heterocycles. The highest BCUT2D eigenvalue weighted by Crippen LogP contribution is 2.13. The Bertz CT molecular complexity index is 753. The maximum atomic E-state index is 12.5. The molecular weight excluding hydrogens is 340 g/mol. The van der Waals surface area contributed by atoms with Crippen LogP contribution >= 0.6 is 0 Å². The zero-order valence-electron chi connectivity index (χ0n) is 16.0. The minimum Gasteiger partial charge on any atom is -0.466 e. The van der Waals surface area contributed by atoms with Gasteiger partial charge in [0.05, 0.1) is 13.0 Å². The van der Waals surface area contributed by atoms with Gasteiger partial charge in [-0.05, 0) is 12.8 Å². The van der Waals surface area contributed by atoms with Crippen molar-refractivity contribution in [3.05, 3.63) is 26.9 Å². The topological polar surface area (TPSA) is 111 Å². The van der Waals surface area contributed by atoms with Gasteiger partial charge in [0.15, 0.2) is 0 Å². The molecule has 1 amide bonds. The smallest absolute Gasteiger partial charge is 0.332 e. The summed E-state index contributed by atoms with van der Waals surface area (Å²) >= 11 is 0. The van der Waals surface area contributed by atoms with Crippen LogP contribution in [0.3, 0.4) is 0 Å². The summed E-state index contributed by atoms with van der Waals surface area (Å²) in [5, 5.41) is 5.69. The van der Waals surface area contributed by atoms with Crippen LogP contribution in [0, 0.1) is 5.92 Å². The van der Waals surface area contributed by atoms with E-state index >= 15 is 0 Å². The number of hydrogen-bond donors (Lipinski definition) is 2. The number of anilines is 1. The van der Waals surface area contributed by atoms with Crippen molar-refractivity contribution < 1.29 is 14.3 Å². The lowest BCUT2D eigenvalue weighted by atomic mass is 9.98. The van der Waals surface area contributed by atoms with Gasteiger partial charge in [-0.1, -0.05) is 20.3 Å². The van der Waals surface area contributed by atoms with Crippen molar-refractivity contribution >= 4 is 17.7 Å². The second-order valence-electron chi connectivity index (χ2n) is 6.12. The molecule has 0 aliphatic rings. The van der Waals surface area contributed by atoms with Crippen molar-refractivity contribution in [2.75, 3.05) is 18.5 Å². The number of hydrogen-bond acceptors (Lipinski definition) is 6. The Labute approximate surface area is 152 Å². The molecule has 0 aliphatic carbocycles. The molecule has 1 unspecified atom stereocenters. The molecule has 0 radical (unpaired) electrons. The van der Waals surface area contributed by atoms with E-state index in [1.807, 2.05) is 13.8 Å². The van der Waals surface area contributed by atoms with Crippen LogP contribution in [0.4, 0.5) is 5.82 Å². The Morgan fingerprint density at radius 1 is 1.19 bits per heavy atom. The minimum atomic E-state index is -0.653. The fraction of sp³-hybridized carbons (Fsp3) is 0.647. The Hall–Kier alpha value is -2.58. The molecule has 9 heteroatoms. The molecule has 1 rings (SSSR count). The molecule has 2 N–H and O–H groups in total. The van der Waals surface area contributed by atoms with Crippen LogP contribution in [0.25, 0.3) is 0 Å². The Morgan fingerprint density at radius 3 is 2.42 bits per heavy atom. The van der Waals surface area contributed by atoms with E-state index in [4.69, 9.17) is 4.74 Å². The molecule has 0 saturated heterocycles. The number of carbonyl (C=O) groups excluding carboxylic acids is 2. The van der Waals surface area contributed by atoms with E-state index in [1.54, 1.807) is 6.92 Å². The number of aromatic nitrogens is 2. The van der Waals surface area contributed by atoms with E-state index in [9.17, 15) is 19.2 Å². The van der Waals surface area contributed by atoms with Crippen LogP contribution in [0.15, 0.2) is 15.7 Å². The van der Waals surface area contributed by atoms with E-state index < -0.39 is 17.3 Å². The molecular formula is C17H28N4O5. The summed E-state index contributed by atoms with van der Waals surface area (Å²) in [6.07, 6.45) is 0.791. The Morgan fingerprint density at radius 2 is 1.85 bits per heavy atom. The van der Waals surface area contributed by atoms with Gasteiger partial charge in [-0.3, -0.25) is 23.5 Å². The van der Waals surface area contributed by atoms with Crippen LogP contribution in [0.1, 0.15) is 33.6 Å². The minimum absolute atomic E-state index is 0.0586. The SMILES string of the molecule is CCOC(=O)CCNC(=O)[C@@H](Nc1cc(=O)n(C)c(=O)n1C)C(C)CC. The summed E-state index contributed by atoms with van der Waals surface area (Å²) in [6.45, 7) is 5.99. The van der Waals surface area contributed by atoms with Crippen molar-refractivity contribution in [3.8, 4) is 0 Å². The fourth-order valence-electron chi connectivity index (χ4n) is 2.36. The molecule has 0 aromatic carbocycles. The third-order valence-corrected chi connectivity index (χ3v) is 4.26. The molecule has 1 heterocycles. The maximum absolute atomic E-state index is 12.5. The average molecular weight is 368 g/mol. The first-order chi connectivity index (χ1) is 12.2. The van der Waals surface area contributed by atoms with Gasteiger partial charge in [-0.25, -0.2) is 4.79 Å². The van der Waals surface area contributed by atoms with Gasteiger partial charge in [0.1, 0.15) is 11.9 Å². The van der Waals surface area contributed by atoms with Gasteiger partial charge in [-0.2, -0.15) is 0 Å². The first-order valence-corrected chi connectivity index (χ1v) is 8.69. The first-order valence-electron chi connectivity index (χ1n) is 8.69. The molecule has 0 saturated carbocycles. The van der Waals surface area contributed by atoms with Gasteiger partial charge in [0.25, 0.3) is 5.56 Å². The zero-order valence-corrected chi connectivity index (χ0v) is 16.0. The number of carbonyl (C=O) groups is 2. The molecule has 26 heavy (non-hydrogen) atoms. The Kier molecular flexibility index (Phi) is 8.08. The quantitative estimate of drug-likeness (QED) is 0.593. The number of nitrogens with zero attached hydrogens (tertiary/aromatic N) is 2. The summed E-state index contributed by atoms with van der Waals surface area (Å²) < 4.78 is 7.09. The molecule has 1 aromatic rings. The molecule has 0 fully saturated rings. The molecule has 0 bridgehead atoms. The van der Waals surface area contributed by atoms with Gasteiger partial charge in [0.2, 0.25) is 5.91 Å². The zero-order chi connectivity index (χ0) is 19.9. The normalized spacial score (nSPS) is 13.0. The highest BCUT2D eigenvalue weighted by Gasteiger charge is 2.25. The summed E-state index contributed by atoms with van der Waals surface area (Å²) in [5.41, 5.74) is -0.938. The van der Waals surface area contributed by atoms with Crippen LogP contribution < -0.4 is 21.9 Å². The lowest BCUT2D eigenvalue weighted by Crippen LogP contribution is -2.46. The first kappa shape index (κ1) is 21.5. The van der Waals surface area contributed by atoms with Crippen LogP contribution in [0.5, 0.6) is 0 Å². The van der Waals surface area contributed by atoms with E-state index in [2.05, 4.69) is 10.6 Å². The fourth-order valence-corrected chi connectivity index (χ4v) is 2.36. The van der Waals surface area contributed by atoms with Gasteiger partial charge >= 0.3 is 11.7 Å². The van der Waals surface area contributed by atoms with Crippen molar-refractivity contribution in [1.29, 1.82) is 0 Å². The summed E-state index contributed by atoms with van der Waals surface area (Å²) in [6, 6.07) is 0.628. The maximum Gasteiger partial charge on any atom is 0.332 e. The second kappa shape index (κ2) is 9.79. The van der Waals surface area contributed by atoms with Crippen molar-refractivity contribution in [2.45, 2.75) is 39.7 Å².